The van der Waals surface area contributed by atoms with E-state index in [0.29, 0.717) is 18.0 Å². The quantitative estimate of drug-likeness (QED) is 0.835. The summed E-state index contributed by atoms with van der Waals surface area (Å²) >= 11 is 0. The van der Waals surface area contributed by atoms with E-state index in [1.54, 1.807) is 0 Å². The fourth-order valence-corrected chi connectivity index (χ4v) is 4.69. The maximum absolute atomic E-state index is 5.55. The third-order valence-corrected chi connectivity index (χ3v) is 6.33. The standard InChI is InChI=1S/C24H30N2O/c1-17-7-6-8-21(18(17)2)19-9-11-20(12-10-19)24-22-15-25-13-4-5-14-26(22)23(24)16-27-3/h4-12,22-25H,13-16H2,1-3H3/b5-4-/t22-,23+,24-/m0/s1. The Morgan fingerprint density at radius 2 is 1.89 bits per heavy atom. The van der Waals surface area contributed by atoms with Crippen molar-refractivity contribution in [3.8, 4) is 11.1 Å². The van der Waals surface area contributed by atoms with Crippen LogP contribution in [-0.4, -0.2) is 50.3 Å². The molecule has 0 radical (unpaired) electrons. The molecule has 2 aliphatic heterocycles. The first kappa shape index (κ1) is 18.4. The first-order valence-corrected chi connectivity index (χ1v) is 9.97. The monoisotopic (exact) mass is 362 g/mol. The van der Waals surface area contributed by atoms with Gasteiger partial charge in [-0.3, -0.25) is 4.90 Å². The minimum absolute atomic E-state index is 0.455. The van der Waals surface area contributed by atoms with Gasteiger partial charge in [-0.15, -0.1) is 0 Å². The second-order valence-corrected chi connectivity index (χ2v) is 7.81. The lowest BCUT2D eigenvalue weighted by Crippen LogP contribution is -2.67. The second-order valence-electron chi connectivity index (χ2n) is 7.81. The summed E-state index contributed by atoms with van der Waals surface area (Å²) in [5, 5.41) is 3.56. The number of ether oxygens (including phenoxy) is 1. The molecule has 0 unspecified atom stereocenters. The van der Waals surface area contributed by atoms with Crippen LogP contribution < -0.4 is 5.32 Å². The molecule has 0 aliphatic carbocycles. The van der Waals surface area contributed by atoms with Crippen molar-refractivity contribution in [2.45, 2.75) is 31.8 Å². The largest absolute Gasteiger partial charge is 0.383 e. The average molecular weight is 363 g/mol. The highest BCUT2D eigenvalue weighted by Gasteiger charge is 2.48. The van der Waals surface area contributed by atoms with Crippen molar-refractivity contribution in [3.63, 3.8) is 0 Å². The van der Waals surface area contributed by atoms with Crippen LogP contribution in [-0.2, 0) is 4.74 Å². The predicted octanol–water partition coefficient (Wildman–Crippen LogP) is 3.91. The molecule has 1 fully saturated rings. The molecule has 4 rings (SSSR count). The fraction of sp³-hybridized carbons (Fsp3) is 0.417. The van der Waals surface area contributed by atoms with E-state index in [2.05, 4.69) is 78.7 Å². The molecule has 0 saturated carbocycles. The Morgan fingerprint density at radius 1 is 1.07 bits per heavy atom. The van der Waals surface area contributed by atoms with Gasteiger partial charge in [-0.2, -0.15) is 0 Å². The SMILES string of the molecule is COC[C@@H]1[C@@H](c2ccc(-c3cccc(C)c3C)cc2)[C@@H]2CNC/C=C\CN12. The van der Waals surface area contributed by atoms with Gasteiger partial charge in [-0.25, -0.2) is 0 Å². The van der Waals surface area contributed by atoms with Gasteiger partial charge in [0.2, 0.25) is 0 Å². The topological polar surface area (TPSA) is 24.5 Å². The number of fused-ring (bicyclic) bond motifs is 1. The van der Waals surface area contributed by atoms with Crippen LogP contribution in [0.3, 0.4) is 0 Å². The Labute approximate surface area is 163 Å². The smallest absolute Gasteiger partial charge is 0.0624 e. The maximum atomic E-state index is 5.55. The molecule has 142 valence electrons. The van der Waals surface area contributed by atoms with Crippen LogP contribution in [0.2, 0.25) is 0 Å². The first-order chi connectivity index (χ1) is 13.2. The molecule has 2 aromatic carbocycles. The van der Waals surface area contributed by atoms with Crippen molar-refractivity contribution in [2.75, 3.05) is 33.4 Å². The van der Waals surface area contributed by atoms with Crippen molar-refractivity contribution < 1.29 is 4.74 Å². The van der Waals surface area contributed by atoms with E-state index in [0.717, 1.165) is 26.2 Å². The molecule has 2 aliphatic rings. The zero-order chi connectivity index (χ0) is 18.8. The zero-order valence-corrected chi connectivity index (χ0v) is 16.6. The van der Waals surface area contributed by atoms with Gasteiger partial charge in [0.05, 0.1) is 6.61 Å². The summed E-state index contributed by atoms with van der Waals surface area (Å²) in [7, 11) is 1.81. The van der Waals surface area contributed by atoms with E-state index in [9.17, 15) is 0 Å². The van der Waals surface area contributed by atoms with Crippen LogP contribution in [0.25, 0.3) is 11.1 Å². The summed E-state index contributed by atoms with van der Waals surface area (Å²) < 4.78 is 5.55. The molecule has 1 saturated heterocycles. The van der Waals surface area contributed by atoms with Crippen LogP contribution in [0.15, 0.2) is 54.6 Å². The molecule has 0 aromatic heterocycles. The van der Waals surface area contributed by atoms with E-state index in [1.807, 2.05) is 7.11 Å². The van der Waals surface area contributed by atoms with Crippen LogP contribution in [0, 0.1) is 13.8 Å². The van der Waals surface area contributed by atoms with Gasteiger partial charge in [0.25, 0.3) is 0 Å². The molecule has 0 spiro atoms. The van der Waals surface area contributed by atoms with Gasteiger partial charge in [0.1, 0.15) is 0 Å². The summed E-state index contributed by atoms with van der Waals surface area (Å²) in [5.74, 6) is 0.525. The normalized spacial score (nSPS) is 26.6. The van der Waals surface area contributed by atoms with Crippen LogP contribution in [0.1, 0.15) is 22.6 Å². The number of benzene rings is 2. The van der Waals surface area contributed by atoms with Crippen LogP contribution in [0.4, 0.5) is 0 Å². The summed E-state index contributed by atoms with van der Waals surface area (Å²) in [6.07, 6.45) is 4.51. The molecule has 2 aromatic rings. The minimum atomic E-state index is 0.455. The van der Waals surface area contributed by atoms with Crippen molar-refractivity contribution in [1.82, 2.24) is 10.2 Å². The number of methoxy groups -OCH3 is 1. The zero-order valence-electron chi connectivity index (χ0n) is 16.6. The van der Waals surface area contributed by atoms with Gasteiger partial charge >= 0.3 is 0 Å². The molecular weight excluding hydrogens is 332 g/mol. The lowest BCUT2D eigenvalue weighted by Gasteiger charge is -2.55. The van der Waals surface area contributed by atoms with Gasteiger partial charge in [-0.1, -0.05) is 54.6 Å². The van der Waals surface area contributed by atoms with Crippen molar-refractivity contribution in [1.29, 1.82) is 0 Å². The third kappa shape index (κ3) is 3.47. The fourth-order valence-electron chi connectivity index (χ4n) is 4.69. The Bertz CT molecular complexity index is 812. The predicted molar refractivity (Wildman–Crippen MR) is 112 cm³/mol. The first-order valence-electron chi connectivity index (χ1n) is 9.97. The summed E-state index contributed by atoms with van der Waals surface area (Å²) in [6, 6.07) is 16.8. The van der Waals surface area contributed by atoms with Gasteiger partial charge in [-0.05, 0) is 41.7 Å². The number of hydrogen-bond donors (Lipinski definition) is 1. The Kier molecular flexibility index (Phi) is 5.44. The van der Waals surface area contributed by atoms with Gasteiger partial charge in [0.15, 0.2) is 0 Å². The van der Waals surface area contributed by atoms with Gasteiger partial charge < -0.3 is 10.1 Å². The Balaban J connectivity index is 1.60. The third-order valence-electron chi connectivity index (χ3n) is 6.33. The number of hydrogen-bond acceptors (Lipinski definition) is 3. The Morgan fingerprint density at radius 3 is 2.67 bits per heavy atom. The number of nitrogens with zero attached hydrogens (tertiary/aromatic N) is 1. The molecule has 3 heteroatoms. The molecule has 1 N–H and O–H groups in total. The lowest BCUT2D eigenvalue weighted by atomic mass is 9.74. The molecular formula is C24H30N2O. The average Bonchev–Trinajstić information content (AvgIpc) is 2.66. The molecule has 3 atom stereocenters. The number of aryl methyl sites for hydroxylation is 1. The number of rotatable bonds is 4. The summed E-state index contributed by atoms with van der Waals surface area (Å²) in [5.41, 5.74) is 6.79. The van der Waals surface area contributed by atoms with Crippen molar-refractivity contribution in [2.24, 2.45) is 0 Å². The van der Waals surface area contributed by atoms with Crippen molar-refractivity contribution in [3.05, 3.63) is 71.3 Å². The second kappa shape index (κ2) is 7.97. The van der Waals surface area contributed by atoms with E-state index in [-0.39, 0.29) is 0 Å². The van der Waals surface area contributed by atoms with E-state index in [4.69, 9.17) is 4.74 Å². The van der Waals surface area contributed by atoms with E-state index in [1.165, 1.54) is 27.8 Å². The van der Waals surface area contributed by atoms with Crippen LogP contribution in [0.5, 0.6) is 0 Å². The van der Waals surface area contributed by atoms with Gasteiger partial charge in [0, 0.05) is 44.7 Å². The summed E-state index contributed by atoms with van der Waals surface area (Å²) in [6.45, 7) is 8.21. The lowest BCUT2D eigenvalue weighted by molar-refractivity contribution is -0.0440. The van der Waals surface area contributed by atoms with E-state index >= 15 is 0 Å². The molecule has 3 nitrogen and oxygen atoms in total. The summed E-state index contributed by atoms with van der Waals surface area (Å²) in [4.78, 5) is 2.58. The molecule has 27 heavy (non-hydrogen) atoms. The van der Waals surface area contributed by atoms with Crippen LogP contribution >= 0.6 is 0 Å². The highest BCUT2D eigenvalue weighted by Crippen LogP contribution is 2.41. The minimum Gasteiger partial charge on any atom is -0.383 e. The maximum Gasteiger partial charge on any atom is 0.0624 e. The Hall–Kier alpha value is -1.94. The molecule has 0 bridgehead atoms. The number of nitrogens with one attached hydrogen (secondary N) is 1. The molecule has 0 amide bonds. The molecule has 2 heterocycles. The highest BCUT2D eigenvalue weighted by atomic mass is 16.5. The highest BCUT2D eigenvalue weighted by molar-refractivity contribution is 5.68. The van der Waals surface area contributed by atoms with E-state index < -0.39 is 0 Å². The van der Waals surface area contributed by atoms with Crippen molar-refractivity contribution >= 4 is 0 Å².